The van der Waals surface area contributed by atoms with Gasteiger partial charge >= 0.3 is 0 Å². The molecule has 186 valence electrons. The van der Waals surface area contributed by atoms with Crippen molar-refractivity contribution in [2.75, 3.05) is 39.4 Å². The van der Waals surface area contributed by atoms with Crippen LogP contribution in [0.3, 0.4) is 0 Å². The Hall–Kier alpha value is -4.02. The highest BCUT2D eigenvalue weighted by Gasteiger charge is 2.40. The van der Waals surface area contributed by atoms with Gasteiger partial charge in [0, 0.05) is 36.1 Å². The van der Waals surface area contributed by atoms with Gasteiger partial charge < -0.3 is 24.1 Å². The highest BCUT2D eigenvalue weighted by molar-refractivity contribution is 6.15. The highest BCUT2D eigenvalue weighted by atomic mass is 16.6. The zero-order valence-corrected chi connectivity index (χ0v) is 19.5. The third kappa shape index (κ3) is 4.48. The van der Waals surface area contributed by atoms with E-state index < -0.39 is 28.4 Å². The van der Waals surface area contributed by atoms with Gasteiger partial charge in [0.2, 0.25) is 11.7 Å². The van der Waals surface area contributed by atoms with Crippen LogP contribution < -0.4 is 10.0 Å². The van der Waals surface area contributed by atoms with E-state index in [1.807, 2.05) is 0 Å². The number of benzene rings is 2. The van der Waals surface area contributed by atoms with Crippen LogP contribution in [-0.4, -0.2) is 60.9 Å². The molecule has 1 unspecified atom stereocenters. The number of non-ortho nitro benzene ring substituents is 1. The molecule has 2 aliphatic rings. The van der Waals surface area contributed by atoms with E-state index in [1.165, 1.54) is 34.1 Å². The second kappa shape index (κ2) is 9.92. The molecule has 1 fully saturated rings. The van der Waals surface area contributed by atoms with Crippen LogP contribution in [0.25, 0.3) is 11.0 Å². The summed E-state index contributed by atoms with van der Waals surface area (Å²) in [5, 5.41) is 25.3. The molecule has 0 saturated carbocycles. The van der Waals surface area contributed by atoms with Crippen LogP contribution in [0.15, 0.2) is 70.3 Å². The number of para-hydroxylation sites is 1. The highest BCUT2D eigenvalue weighted by Crippen LogP contribution is 2.39. The van der Waals surface area contributed by atoms with Crippen molar-refractivity contribution in [3.05, 3.63) is 87.4 Å². The van der Waals surface area contributed by atoms with Gasteiger partial charge in [0.05, 0.1) is 30.7 Å². The molecule has 2 aliphatic heterocycles. The minimum atomic E-state index is -1.04. The molecule has 0 aliphatic carbocycles. The molecule has 10 nitrogen and oxygen atoms in total. The molecule has 1 aromatic heterocycles. The third-order valence-corrected chi connectivity index (χ3v) is 6.70. The van der Waals surface area contributed by atoms with E-state index in [0.717, 1.165) is 19.6 Å². The number of morpholine rings is 1. The molecule has 2 aromatic carbocycles. The first-order valence-electron chi connectivity index (χ1n) is 11.8. The monoisotopic (exact) mass is 491 g/mol. The fourth-order valence-electron chi connectivity index (χ4n) is 4.89. The molecule has 1 atom stereocenters. The average Bonchev–Trinajstić information content (AvgIpc) is 3.44. The number of hydrogen-bond acceptors (Lipinski definition) is 7. The van der Waals surface area contributed by atoms with Crippen molar-refractivity contribution >= 4 is 28.3 Å². The summed E-state index contributed by atoms with van der Waals surface area (Å²) in [6.07, 6.45) is 0.603. The lowest BCUT2D eigenvalue weighted by Crippen LogP contribution is -3.14. The smallest absolute Gasteiger partial charge is 0.269 e. The topological polar surface area (TPSA) is 130 Å². The predicted octanol–water partition coefficient (Wildman–Crippen LogP) is 1.03. The number of ketones is 1. The van der Waals surface area contributed by atoms with E-state index in [4.69, 9.17) is 9.15 Å². The summed E-state index contributed by atoms with van der Waals surface area (Å²) >= 11 is 0. The summed E-state index contributed by atoms with van der Waals surface area (Å²) in [6.45, 7) is 4.09. The molecular weight excluding hydrogens is 466 g/mol. The van der Waals surface area contributed by atoms with Gasteiger partial charge in [-0.2, -0.15) is 0 Å². The Morgan fingerprint density at radius 3 is 2.64 bits per heavy atom. The van der Waals surface area contributed by atoms with E-state index >= 15 is 0 Å². The van der Waals surface area contributed by atoms with Gasteiger partial charge in [0.25, 0.3) is 5.69 Å². The largest absolute Gasteiger partial charge is 0.868 e. The van der Waals surface area contributed by atoms with Crippen LogP contribution in [0.4, 0.5) is 5.69 Å². The van der Waals surface area contributed by atoms with E-state index in [1.54, 1.807) is 30.3 Å². The molecule has 3 heterocycles. The molecule has 1 amide bonds. The van der Waals surface area contributed by atoms with Crippen LogP contribution in [0.5, 0.6) is 0 Å². The van der Waals surface area contributed by atoms with E-state index in [0.29, 0.717) is 36.2 Å². The van der Waals surface area contributed by atoms with Crippen molar-refractivity contribution in [2.24, 2.45) is 0 Å². The van der Waals surface area contributed by atoms with E-state index in [2.05, 4.69) is 0 Å². The number of carbonyl (C=O) groups excluding carboxylic acids is 2. The number of Topliss-reactive ketones (excluding diaryl/α,β-unsaturated/α-hetero) is 1. The summed E-state index contributed by atoms with van der Waals surface area (Å²) in [5.41, 5.74) is 0.378. The van der Waals surface area contributed by atoms with Crippen LogP contribution in [0.1, 0.15) is 28.6 Å². The maximum Gasteiger partial charge on any atom is 0.269 e. The van der Waals surface area contributed by atoms with Crippen LogP contribution in [0.2, 0.25) is 0 Å². The standard InChI is InChI=1S/C26H25N3O7/c30-24(21-16-17-5-1-2-8-20(17)36-21)22-23(18-6-3-7-19(15-18)29(33)34)28(26(32)25(22)31)10-4-9-27-11-13-35-14-12-27/h1-3,5-8,15-16,23,31H,4,9-14H2. The summed E-state index contributed by atoms with van der Waals surface area (Å²) in [4.78, 5) is 40.3. The number of nitrogens with zero attached hydrogens (tertiary/aromatic N) is 2. The molecule has 5 rings (SSSR count). The van der Waals surface area contributed by atoms with Gasteiger partial charge in [-0.15, -0.1) is 0 Å². The molecule has 10 heteroatoms. The fraction of sp³-hybridized carbons (Fsp3) is 0.308. The lowest BCUT2D eigenvalue weighted by atomic mass is 9.94. The van der Waals surface area contributed by atoms with Gasteiger partial charge in [0.1, 0.15) is 18.7 Å². The molecule has 1 saturated heterocycles. The van der Waals surface area contributed by atoms with Crippen molar-refractivity contribution in [3.63, 3.8) is 0 Å². The normalized spacial score (nSPS) is 18.8. The lowest BCUT2D eigenvalue weighted by molar-refractivity contribution is -0.908. The zero-order valence-electron chi connectivity index (χ0n) is 19.5. The van der Waals surface area contributed by atoms with Gasteiger partial charge in [-0.05, 0) is 23.5 Å². The Labute approximate surface area is 206 Å². The van der Waals surface area contributed by atoms with Gasteiger partial charge in [-0.1, -0.05) is 30.3 Å². The number of fused-ring (bicyclic) bond motifs is 1. The van der Waals surface area contributed by atoms with Crippen molar-refractivity contribution in [1.82, 2.24) is 4.90 Å². The lowest BCUT2D eigenvalue weighted by Gasteiger charge is -2.29. The maximum absolute atomic E-state index is 13.6. The number of carbonyl (C=O) groups is 2. The Morgan fingerprint density at radius 1 is 1.11 bits per heavy atom. The number of nitrogens with one attached hydrogen (secondary N) is 1. The quantitative estimate of drug-likeness (QED) is 0.283. The number of ether oxygens (including phenoxy) is 1. The number of furan rings is 1. The molecule has 36 heavy (non-hydrogen) atoms. The second-order valence-electron chi connectivity index (χ2n) is 8.94. The van der Waals surface area contributed by atoms with E-state index in [9.17, 15) is 24.8 Å². The van der Waals surface area contributed by atoms with E-state index in [-0.39, 0.29) is 23.6 Å². The van der Waals surface area contributed by atoms with Crippen LogP contribution in [-0.2, 0) is 9.53 Å². The number of quaternary nitrogens is 1. The molecule has 0 radical (unpaired) electrons. The Kier molecular flexibility index (Phi) is 6.53. The molecule has 3 aromatic rings. The Bertz CT molecular complexity index is 1320. The van der Waals surface area contributed by atoms with Crippen molar-refractivity contribution in [2.45, 2.75) is 12.5 Å². The molecule has 0 bridgehead atoms. The number of nitro benzene ring substituents is 1. The first-order valence-corrected chi connectivity index (χ1v) is 11.8. The Balaban J connectivity index is 1.48. The first kappa shape index (κ1) is 23.7. The molecular formula is C26H25N3O7. The summed E-state index contributed by atoms with van der Waals surface area (Å²) < 4.78 is 11.1. The van der Waals surface area contributed by atoms with Crippen molar-refractivity contribution in [3.8, 4) is 0 Å². The second-order valence-corrected chi connectivity index (χ2v) is 8.94. The average molecular weight is 492 g/mol. The van der Waals surface area contributed by atoms with Gasteiger partial charge in [0.15, 0.2) is 5.76 Å². The number of hydrogen-bond donors (Lipinski definition) is 1. The maximum atomic E-state index is 13.6. The van der Waals surface area contributed by atoms with Crippen LogP contribution >= 0.6 is 0 Å². The van der Waals surface area contributed by atoms with Gasteiger partial charge in [-0.3, -0.25) is 19.7 Å². The number of rotatable bonds is 8. The summed E-state index contributed by atoms with van der Waals surface area (Å²) in [5.74, 6) is -2.44. The minimum Gasteiger partial charge on any atom is -0.868 e. The zero-order chi connectivity index (χ0) is 25.2. The fourth-order valence-corrected chi connectivity index (χ4v) is 4.89. The summed E-state index contributed by atoms with van der Waals surface area (Å²) in [6, 6.07) is 13.3. The SMILES string of the molecule is O=C(C1=C([O-])C(=O)N(CCC[NH+]2CCOCC2)C1c1cccc([N+](=O)[O-])c1)c1cc2ccccc2o1. The molecule has 1 N–H and O–H groups in total. The first-order chi connectivity index (χ1) is 17.4. The third-order valence-electron chi connectivity index (χ3n) is 6.70. The van der Waals surface area contributed by atoms with Crippen molar-refractivity contribution in [1.29, 1.82) is 0 Å². The predicted molar refractivity (Wildman–Crippen MR) is 126 cm³/mol. The number of nitro groups is 1. The summed E-state index contributed by atoms with van der Waals surface area (Å²) in [7, 11) is 0. The van der Waals surface area contributed by atoms with Crippen molar-refractivity contribution < 1.29 is 33.7 Å². The number of amides is 1. The minimum absolute atomic E-state index is 0.0533. The van der Waals surface area contributed by atoms with Crippen LogP contribution in [0, 0.1) is 10.1 Å². The Morgan fingerprint density at radius 2 is 1.89 bits per heavy atom. The van der Waals surface area contributed by atoms with Gasteiger partial charge in [-0.25, -0.2) is 0 Å². The molecule has 0 spiro atoms.